The lowest BCUT2D eigenvalue weighted by Gasteiger charge is -2.37. The molecule has 6 rings (SSSR count). The molecule has 3 aromatic carbocycles. The van der Waals surface area contributed by atoms with Crippen LogP contribution in [0.4, 0.5) is 5.69 Å². The number of piperazine rings is 1. The molecule has 41 heavy (non-hydrogen) atoms. The number of hydrogen-bond acceptors (Lipinski definition) is 5. The molecule has 7 heteroatoms. The molecule has 1 aliphatic heterocycles. The second-order valence-electron chi connectivity index (χ2n) is 10.9. The molecule has 1 saturated heterocycles. The molecule has 2 heterocycles. The molecule has 0 unspecified atom stereocenters. The number of halogens is 1. The van der Waals surface area contributed by atoms with Gasteiger partial charge in [0.05, 0.1) is 7.11 Å². The number of nitrogens with zero attached hydrogens (tertiary/aromatic N) is 2. The Morgan fingerprint density at radius 3 is 2.51 bits per heavy atom. The smallest absolute Gasteiger partial charge is 0.341 e. The van der Waals surface area contributed by atoms with Crippen LogP contribution in [0.1, 0.15) is 48.0 Å². The Labute approximate surface area is 246 Å². The first-order chi connectivity index (χ1) is 20.1. The van der Waals surface area contributed by atoms with Crippen molar-refractivity contribution in [3.8, 4) is 11.5 Å². The Bertz CT molecular complexity index is 1550. The van der Waals surface area contributed by atoms with Crippen LogP contribution in [0.15, 0.2) is 78.5 Å². The standard InChI is InChI=1S/C34H36ClN3O3/c1-40-34(39)31-13-11-28(22-33(31)41-29-12-14-32-25(21-29)15-16-36-32)38-19-17-37(18-20-38)23-26-5-3-2-4-6-30(26)24-7-9-27(35)10-8-24/h7-16,21-22,36H,2-6,17-20,23H2,1H3. The summed E-state index contributed by atoms with van der Waals surface area (Å²) < 4.78 is 11.3. The molecule has 2 aliphatic rings. The molecule has 212 valence electrons. The third-order valence-corrected chi connectivity index (χ3v) is 8.55. The average molecular weight is 570 g/mol. The minimum Gasteiger partial charge on any atom is -0.465 e. The molecule has 4 aromatic rings. The highest BCUT2D eigenvalue weighted by molar-refractivity contribution is 6.30. The number of rotatable bonds is 7. The van der Waals surface area contributed by atoms with Crippen molar-refractivity contribution in [3.63, 3.8) is 0 Å². The van der Waals surface area contributed by atoms with E-state index in [1.165, 1.54) is 43.9 Å². The second kappa shape index (κ2) is 12.4. The molecule has 0 radical (unpaired) electrons. The van der Waals surface area contributed by atoms with Crippen LogP contribution < -0.4 is 9.64 Å². The van der Waals surface area contributed by atoms with E-state index in [4.69, 9.17) is 21.1 Å². The maximum Gasteiger partial charge on any atom is 0.341 e. The number of aromatic nitrogens is 1. The lowest BCUT2D eigenvalue weighted by molar-refractivity contribution is 0.0598. The molecular weight excluding hydrogens is 534 g/mol. The van der Waals surface area contributed by atoms with Crippen molar-refractivity contribution in [3.05, 3.63) is 94.6 Å². The van der Waals surface area contributed by atoms with E-state index in [9.17, 15) is 4.79 Å². The summed E-state index contributed by atoms with van der Waals surface area (Å²) in [7, 11) is 1.40. The zero-order valence-electron chi connectivity index (χ0n) is 23.5. The van der Waals surface area contributed by atoms with Gasteiger partial charge in [-0.25, -0.2) is 4.79 Å². The molecule has 0 saturated carbocycles. The first-order valence-corrected chi connectivity index (χ1v) is 14.9. The van der Waals surface area contributed by atoms with E-state index in [0.717, 1.165) is 60.8 Å². The number of benzene rings is 3. The van der Waals surface area contributed by atoms with E-state index in [1.54, 1.807) is 5.57 Å². The molecule has 1 N–H and O–H groups in total. The average Bonchev–Trinajstić information content (AvgIpc) is 3.35. The third kappa shape index (κ3) is 6.29. The van der Waals surface area contributed by atoms with Crippen LogP contribution in [-0.2, 0) is 4.74 Å². The molecule has 6 nitrogen and oxygen atoms in total. The van der Waals surface area contributed by atoms with Crippen molar-refractivity contribution < 1.29 is 14.3 Å². The monoisotopic (exact) mass is 569 g/mol. The second-order valence-corrected chi connectivity index (χ2v) is 11.4. The minimum absolute atomic E-state index is 0.410. The van der Waals surface area contributed by atoms with Gasteiger partial charge in [-0.3, -0.25) is 4.90 Å². The first kappa shape index (κ1) is 27.4. The number of carbonyl (C=O) groups excluding carboxylic acids is 1. The molecule has 1 aromatic heterocycles. The number of anilines is 1. The Hall–Kier alpha value is -3.74. The fourth-order valence-electron chi connectivity index (χ4n) is 6.05. The summed E-state index contributed by atoms with van der Waals surface area (Å²) in [6.07, 6.45) is 8.02. The Morgan fingerprint density at radius 2 is 1.71 bits per heavy atom. The van der Waals surface area contributed by atoms with Gasteiger partial charge in [-0.1, -0.05) is 35.7 Å². The SMILES string of the molecule is COC(=O)c1ccc(N2CCN(CC3=C(c4ccc(Cl)cc4)CCCCC3)CC2)cc1Oc1ccc2[nH]ccc2c1. The lowest BCUT2D eigenvalue weighted by Crippen LogP contribution is -2.47. The number of allylic oxidation sites excluding steroid dienone is 1. The van der Waals surface area contributed by atoms with Crippen molar-refractivity contribution >= 4 is 39.7 Å². The van der Waals surface area contributed by atoms with E-state index in [1.807, 2.05) is 60.8 Å². The maximum absolute atomic E-state index is 12.5. The van der Waals surface area contributed by atoms with Crippen molar-refractivity contribution in [2.45, 2.75) is 32.1 Å². The zero-order chi connectivity index (χ0) is 28.2. The number of aromatic amines is 1. The third-order valence-electron chi connectivity index (χ3n) is 8.30. The topological polar surface area (TPSA) is 57.8 Å². The van der Waals surface area contributed by atoms with Crippen LogP contribution in [0.3, 0.4) is 0 Å². The van der Waals surface area contributed by atoms with Crippen LogP contribution in [-0.4, -0.2) is 55.7 Å². The Balaban J connectivity index is 1.17. The fourth-order valence-corrected chi connectivity index (χ4v) is 6.17. The van der Waals surface area contributed by atoms with E-state index in [-0.39, 0.29) is 0 Å². The van der Waals surface area contributed by atoms with Crippen molar-refractivity contribution in [2.75, 3.05) is 44.7 Å². The summed E-state index contributed by atoms with van der Waals surface area (Å²) in [5.74, 6) is 0.771. The van der Waals surface area contributed by atoms with Gasteiger partial charge in [-0.2, -0.15) is 0 Å². The van der Waals surface area contributed by atoms with Crippen LogP contribution in [0.2, 0.25) is 5.02 Å². The van der Waals surface area contributed by atoms with E-state index < -0.39 is 5.97 Å². The number of nitrogens with one attached hydrogen (secondary N) is 1. The Kier molecular flexibility index (Phi) is 8.31. The summed E-state index contributed by atoms with van der Waals surface area (Å²) in [5, 5.41) is 1.84. The number of esters is 1. The molecule has 1 fully saturated rings. The van der Waals surface area contributed by atoms with Gasteiger partial charge in [0.1, 0.15) is 17.1 Å². The Morgan fingerprint density at radius 1 is 0.902 bits per heavy atom. The predicted molar refractivity (Wildman–Crippen MR) is 166 cm³/mol. The van der Waals surface area contributed by atoms with Crippen LogP contribution >= 0.6 is 11.6 Å². The van der Waals surface area contributed by atoms with E-state index in [2.05, 4.69) is 26.9 Å². The molecule has 0 spiro atoms. The number of hydrogen-bond donors (Lipinski definition) is 1. The molecule has 0 amide bonds. The van der Waals surface area contributed by atoms with Gasteiger partial charge in [-0.05, 0) is 85.4 Å². The predicted octanol–water partition coefficient (Wildman–Crippen LogP) is 7.94. The van der Waals surface area contributed by atoms with Gasteiger partial charge in [0.15, 0.2) is 0 Å². The van der Waals surface area contributed by atoms with E-state index >= 15 is 0 Å². The number of ether oxygens (including phenoxy) is 2. The van der Waals surface area contributed by atoms with Crippen LogP contribution in [0, 0.1) is 0 Å². The summed E-state index contributed by atoms with van der Waals surface area (Å²) in [5.41, 5.74) is 6.91. The van der Waals surface area contributed by atoms with Gasteiger partial charge in [0, 0.05) is 66.6 Å². The normalized spacial score (nSPS) is 16.6. The van der Waals surface area contributed by atoms with Gasteiger partial charge >= 0.3 is 5.97 Å². The number of methoxy groups -OCH3 is 1. The highest BCUT2D eigenvalue weighted by Gasteiger charge is 2.23. The number of fused-ring (bicyclic) bond motifs is 1. The van der Waals surface area contributed by atoms with E-state index in [0.29, 0.717) is 17.1 Å². The van der Waals surface area contributed by atoms with Crippen LogP contribution in [0.25, 0.3) is 16.5 Å². The van der Waals surface area contributed by atoms with Gasteiger partial charge in [-0.15, -0.1) is 0 Å². The van der Waals surface area contributed by atoms with Crippen molar-refractivity contribution in [1.29, 1.82) is 0 Å². The fraction of sp³-hybridized carbons (Fsp3) is 0.324. The number of carbonyl (C=O) groups is 1. The lowest BCUT2D eigenvalue weighted by atomic mass is 9.95. The van der Waals surface area contributed by atoms with Gasteiger partial charge in [0.25, 0.3) is 0 Å². The van der Waals surface area contributed by atoms with Gasteiger partial charge in [0.2, 0.25) is 0 Å². The minimum atomic E-state index is -0.410. The highest BCUT2D eigenvalue weighted by Crippen LogP contribution is 2.34. The van der Waals surface area contributed by atoms with Crippen LogP contribution in [0.5, 0.6) is 11.5 Å². The van der Waals surface area contributed by atoms with Gasteiger partial charge < -0.3 is 19.4 Å². The molecular formula is C34H36ClN3O3. The quantitative estimate of drug-likeness (QED) is 0.229. The maximum atomic E-state index is 12.5. The summed E-state index contributed by atoms with van der Waals surface area (Å²) in [6.45, 7) is 4.81. The first-order valence-electron chi connectivity index (χ1n) is 14.5. The summed E-state index contributed by atoms with van der Waals surface area (Å²) >= 11 is 6.18. The number of H-pyrrole nitrogens is 1. The highest BCUT2D eigenvalue weighted by atomic mass is 35.5. The summed E-state index contributed by atoms with van der Waals surface area (Å²) in [6, 6.07) is 22.0. The van der Waals surface area contributed by atoms with Crippen molar-refractivity contribution in [1.82, 2.24) is 9.88 Å². The molecule has 0 atom stereocenters. The molecule has 1 aliphatic carbocycles. The largest absolute Gasteiger partial charge is 0.465 e. The van der Waals surface area contributed by atoms with Crippen molar-refractivity contribution in [2.24, 2.45) is 0 Å². The summed E-state index contributed by atoms with van der Waals surface area (Å²) in [4.78, 5) is 20.7. The molecule has 0 bridgehead atoms. The zero-order valence-corrected chi connectivity index (χ0v) is 24.3.